The Bertz CT molecular complexity index is 822. The highest BCUT2D eigenvalue weighted by Gasteiger charge is 2.06. The fraction of sp³-hybridized carbons (Fsp3) is 0.375. The minimum absolute atomic E-state index is 0.0133. The van der Waals surface area contributed by atoms with Crippen molar-refractivity contribution in [3.8, 4) is 0 Å². The minimum atomic E-state index is -1.07. The summed E-state index contributed by atoms with van der Waals surface area (Å²) < 4.78 is 0. The molecule has 31 heavy (non-hydrogen) atoms. The van der Waals surface area contributed by atoms with Gasteiger partial charge in [-0.2, -0.15) is 0 Å². The molecule has 0 aliphatic carbocycles. The molecule has 0 saturated heterocycles. The summed E-state index contributed by atoms with van der Waals surface area (Å²) in [7, 11) is 0. The Morgan fingerprint density at radius 3 is 1.84 bits per heavy atom. The van der Waals surface area contributed by atoms with E-state index in [4.69, 9.17) is 5.11 Å². The molecule has 0 aliphatic heterocycles. The van der Waals surface area contributed by atoms with Crippen molar-refractivity contribution < 1.29 is 19.5 Å². The van der Waals surface area contributed by atoms with Gasteiger partial charge >= 0.3 is 5.97 Å². The van der Waals surface area contributed by atoms with Gasteiger partial charge in [0.2, 0.25) is 0 Å². The molecule has 166 valence electrons. The maximum absolute atomic E-state index is 11.9. The number of nitrogens with one attached hydrogen (secondary N) is 3. The summed E-state index contributed by atoms with van der Waals surface area (Å²) in [6, 6.07) is 16.2. The standard InChI is InChI=1S/C24H31N3O4/c28-22(29)18-27-24(31)20-12-14-21(15-13-20)25-16-8-3-1-2-4-9-17-26-23(30)19-10-6-5-7-11-19/h5-7,10-15,25H,1-4,8-9,16-18H2,(H,26,30)(H,27,31)(H,28,29). The zero-order valence-corrected chi connectivity index (χ0v) is 17.7. The second-order valence-electron chi connectivity index (χ2n) is 7.32. The van der Waals surface area contributed by atoms with Crippen LogP contribution in [-0.2, 0) is 4.79 Å². The van der Waals surface area contributed by atoms with E-state index in [1.165, 1.54) is 0 Å². The SMILES string of the molecule is O=C(O)CNC(=O)c1ccc(NCCCCCCCCNC(=O)c2ccccc2)cc1. The van der Waals surface area contributed by atoms with Gasteiger partial charge in [0, 0.05) is 29.9 Å². The van der Waals surface area contributed by atoms with E-state index in [-0.39, 0.29) is 12.5 Å². The Labute approximate surface area is 183 Å². The van der Waals surface area contributed by atoms with E-state index < -0.39 is 11.9 Å². The summed E-state index contributed by atoms with van der Waals surface area (Å²) in [5.74, 6) is -1.48. The lowest BCUT2D eigenvalue weighted by atomic mass is 10.1. The van der Waals surface area contributed by atoms with Crippen molar-refractivity contribution in [2.75, 3.05) is 25.0 Å². The molecule has 0 heterocycles. The van der Waals surface area contributed by atoms with Gasteiger partial charge in [-0.25, -0.2) is 0 Å². The van der Waals surface area contributed by atoms with Gasteiger partial charge < -0.3 is 21.1 Å². The summed E-state index contributed by atoms with van der Waals surface area (Å²) in [5.41, 5.74) is 2.07. The van der Waals surface area contributed by atoms with Gasteiger partial charge in [0.05, 0.1) is 0 Å². The van der Waals surface area contributed by atoms with Crippen molar-refractivity contribution in [1.82, 2.24) is 10.6 Å². The van der Waals surface area contributed by atoms with Crippen LogP contribution in [0.5, 0.6) is 0 Å². The fourth-order valence-electron chi connectivity index (χ4n) is 3.08. The second-order valence-corrected chi connectivity index (χ2v) is 7.32. The number of hydrogen-bond donors (Lipinski definition) is 4. The number of hydrogen-bond acceptors (Lipinski definition) is 4. The molecule has 0 saturated carbocycles. The first-order valence-electron chi connectivity index (χ1n) is 10.7. The molecule has 4 N–H and O–H groups in total. The number of carbonyl (C=O) groups is 3. The van der Waals surface area contributed by atoms with Crippen molar-refractivity contribution in [2.45, 2.75) is 38.5 Å². The van der Waals surface area contributed by atoms with E-state index in [0.29, 0.717) is 17.7 Å². The van der Waals surface area contributed by atoms with Crippen LogP contribution in [-0.4, -0.2) is 42.5 Å². The number of carboxylic acids is 1. The lowest BCUT2D eigenvalue weighted by Crippen LogP contribution is -2.29. The van der Waals surface area contributed by atoms with Gasteiger partial charge in [-0.3, -0.25) is 14.4 Å². The molecule has 7 heteroatoms. The van der Waals surface area contributed by atoms with Crippen LogP contribution in [0, 0.1) is 0 Å². The predicted octanol–water partition coefficient (Wildman–Crippen LogP) is 3.68. The predicted molar refractivity (Wildman–Crippen MR) is 121 cm³/mol. The van der Waals surface area contributed by atoms with Crippen LogP contribution in [0.3, 0.4) is 0 Å². The molecule has 2 aromatic rings. The molecule has 0 aliphatic rings. The number of aliphatic carboxylic acids is 1. The number of carbonyl (C=O) groups excluding carboxylic acids is 2. The van der Waals surface area contributed by atoms with Crippen molar-refractivity contribution >= 4 is 23.5 Å². The lowest BCUT2D eigenvalue weighted by Gasteiger charge is -2.08. The number of anilines is 1. The third kappa shape index (κ3) is 9.80. The van der Waals surface area contributed by atoms with Gasteiger partial charge in [0.25, 0.3) is 11.8 Å². The van der Waals surface area contributed by atoms with Crippen molar-refractivity contribution in [3.63, 3.8) is 0 Å². The molecule has 2 rings (SSSR count). The van der Waals surface area contributed by atoms with Crippen LogP contribution in [0.4, 0.5) is 5.69 Å². The Morgan fingerprint density at radius 1 is 0.645 bits per heavy atom. The van der Waals surface area contributed by atoms with Crippen molar-refractivity contribution in [3.05, 3.63) is 65.7 Å². The quantitative estimate of drug-likeness (QED) is 0.345. The zero-order chi connectivity index (χ0) is 22.3. The summed E-state index contributed by atoms with van der Waals surface area (Å²) >= 11 is 0. The number of unbranched alkanes of at least 4 members (excludes halogenated alkanes) is 5. The zero-order valence-electron chi connectivity index (χ0n) is 17.7. The molecule has 2 amide bonds. The third-order valence-electron chi connectivity index (χ3n) is 4.80. The molecule has 0 radical (unpaired) electrons. The number of benzene rings is 2. The molecular weight excluding hydrogens is 394 g/mol. The number of rotatable bonds is 14. The normalized spacial score (nSPS) is 10.3. The van der Waals surface area contributed by atoms with E-state index in [9.17, 15) is 14.4 Å². The van der Waals surface area contributed by atoms with E-state index in [1.54, 1.807) is 12.1 Å². The maximum Gasteiger partial charge on any atom is 0.322 e. The Kier molecular flexibility index (Phi) is 10.6. The van der Waals surface area contributed by atoms with Crippen LogP contribution < -0.4 is 16.0 Å². The molecule has 0 spiro atoms. The van der Waals surface area contributed by atoms with Crippen LogP contribution in [0.15, 0.2) is 54.6 Å². The topological polar surface area (TPSA) is 108 Å². The second kappa shape index (κ2) is 13.8. The fourth-order valence-corrected chi connectivity index (χ4v) is 3.08. The van der Waals surface area contributed by atoms with Gasteiger partial charge in [0.15, 0.2) is 0 Å². The maximum atomic E-state index is 11.9. The molecule has 0 fully saturated rings. The van der Waals surface area contributed by atoms with Crippen LogP contribution in [0.1, 0.15) is 59.2 Å². The Hall–Kier alpha value is -3.35. The van der Waals surface area contributed by atoms with Crippen LogP contribution in [0.25, 0.3) is 0 Å². The Morgan fingerprint density at radius 2 is 1.19 bits per heavy atom. The smallest absolute Gasteiger partial charge is 0.322 e. The van der Waals surface area contributed by atoms with E-state index in [1.807, 2.05) is 42.5 Å². The summed E-state index contributed by atoms with van der Waals surface area (Å²) in [6.45, 7) is 1.18. The van der Waals surface area contributed by atoms with Gasteiger partial charge in [-0.15, -0.1) is 0 Å². The largest absolute Gasteiger partial charge is 0.480 e. The highest BCUT2D eigenvalue weighted by atomic mass is 16.4. The first-order valence-corrected chi connectivity index (χ1v) is 10.7. The molecule has 0 unspecified atom stereocenters. The highest BCUT2D eigenvalue weighted by Crippen LogP contribution is 2.11. The minimum Gasteiger partial charge on any atom is -0.480 e. The van der Waals surface area contributed by atoms with Crippen LogP contribution >= 0.6 is 0 Å². The average molecular weight is 426 g/mol. The lowest BCUT2D eigenvalue weighted by molar-refractivity contribution is -0.135. The number of carboxylic acid groups (broad SMARTS) is 1. The molecular formula is C24H31N3O4. The Balaban J connectivity index is 1.47. The molecule has 2 aromatic carbocycles. The third-order valence-corrected chi connectivity index (χ3v) is 4.80. The molecule has 7 nitrogen and oxygen atoms in total. The van der Waals surface area contributed by atoms with Crippen molar-refractivity contribution in [1.29, 1.82) is 0 Å². The number of amides is 2. The first-order chi connectivity index (χ1) is 15.1. The van der Waals surface area contributed by atoms with E-state index in [0.717, 1.165) is 50.8 Å². The molecule has 0 atom stereocenters. The van der Waals surface area contributed by atoms with Gasteiger partial charge in [0.1, 0.15) is 6.54 Å². The summed E-state index contributed by atoms with van der Waals surface area (Å²) in [4.78, 5) is 34.2. The monoisotopic (exact) mass is 425 g/mol. The van der Waals surface area contributed by atoms with Crippen LogP contribution in [0.2, 0.25) is 0 Å². The molecule has 0 bridgehead atoms. The average Bonchev–Trinajstić information content (AvgIpc) is 2.79. The van der Waals surface area contributed by atoms with Gasteiger partial charge in [-0.1, -0.05) is 43.9 Å². The van der Waals surface area contributed by atoms with E-state index >= 15 is 0 Å². The van der Waals surface area contributed by atoms with E-state index in [2.05, 4.69) is 16.0 Å². The van der Waals surface area contributed by atoms with Gasteiger partial charge in [-0.05, 0) is 49.2 Å². The summed E-state index contributed by atoms with van der Waals surface area (Å²) in [6.07, 6.45) is 6.61. The highest BCUT2D eigenvalue weighted by molar-refractivity contribution is 5.96. The first kappa shape index (κ1) is 23.9. The molecule has 0 aromatic heterocycles. The summed E-state index contributed by atoms with van der Waals surface area (Å²) in [5, 5.41) is 17.2. The van der Waals surface area contributed by atoms with Crippen molar-refractivity contribution in [2.24, 2.45) is 0 Å².